The first-order valence-corrected chi connectivity index (χ1v) is 6.53. The second-order valence-corrected chi connectivity index (χ2v) is 4.47. The van der Waals surface area contributed by atoms with Crippen LogP contribution in [0.2, 0.25) is 0 Å². The molecule has 0 bridgehead atoms. The van der Waals surface area contributed by atoms with Gasteiger partial charge in [0.25, 0.3) is 0 Å². The number of pyridine rings is 1. The lowest BCUT2D eigenvalue weighted by Crippen LogP contribution is -2.08. The molecular formula is C16H16N2O2. The third kappa shape index (κ3) is 3.27. The number of unbranched alkanes of at least 4 members (excludes halogenated alkanes) is 2. The van der Waals surface area contributed by atoms with Crippen molar-refractivity contribution in [2.45, 2.75) is 19.3 Å². The SMILES string of the molecule is C#CCCCCNc1nc(C(=O)O)cc2ccccc12. The monoisotopic (exact) mass is 268 g/mol. The molecule has 4 heteroatoms. The van der Waals surface area contributed by atoms with Crippen LogP contribution >= 0.6 is 0 Å². The van der Waals surface area contributed by atoms with Crippen molar-refractivity contribution in [1.29, 1.82) is 0 Å². The van der Waals surface area contributed by atoms with E-state index in [2.05, 4.69) is 16.2 Å². The summed E-state index contributed by atoms with van der Waals surface area (Å²) in [5, 5.41) is 14.1. The number of aromatic carboxylic acids is 1. The van der Waals surface area contributed by atoms with Crippen LogP contribution in [0.15, 0.2) is 30.3 Å². The highest BCUT2D eigenvalue weighted by atomic mass is 16.4. The van der Waals surface area contributed by atoms with Crippen molar-refractivity contribution >= 4 is 22.6 Å². The number of terminal acetylenes is 1. The van der Waals surface area contributed by atoms with E-state index in [4.69, 9.17) is 11.5 Å². The Labute approximate surface area is 117 Å². The van der Waals surface area contributed by atoms with Crippen LogP contribution < -0.4 is 5.32 Å². The zero-order valence-electron chi connectivity index (χ0n) is 11.1. The molecule has 1 aromatic heterocycles. The molecule has 0 fully saturated rings. The Balaban J connectivity index is 2.21. The van der Waals surface area contributed by atoms with Crippen molar-refractivity contribution in [2.75, 3.05) is 11.9 Å². The lowest BCUT2D eigenvalue weighted by atomic mass is 10.1. The van der Waals surface area contributed by atoms with Gasteiger partial charge < -0.3 is 10.4 Å². The number of fused-ring (bicyclic) bond motifs is 1. The number of anilines is 1. The van der Waals surface area contributed by atoms with Gasteiger partial charge in [-0.15, -0.1) is 12.3 Å². The van der Waals surface area contributed by atoms with Gasteiger partial charge >= 0.3 is 5.97 Å². The average molecular weight is 268 g/mol. The predicted molar refractivity (Wildman–Crippen MR) is 79.9 cm³/mol. The molecule has 0 aliphatic heterocycles. The van der Waals surface area contributed by atoms with Gasteiger partial charge in [0.2, 0.25) is 0 Å². The Morgan fingerprint density at radius 2 is 2.15 bits per heavy atom. The van der Waals surface area contributed by atoms with Gasteiger partial charge in [-0.25, -0.2) is 9.78 Å². The van der Waals surface area contributed by atoms with Crippen LogP contribution in [-0.4, -0.2) is 22.6 Å². The standard InChI is InChI=1S/C16H16N2O2/c1-2-3-4-7-10-17-15-13-9-6-5-8-12(13)11-14(18-15)16(19)20/h1,5-6,8-9,11H,3-4,7,10H2,(H,17,18)(H,19,20). The predicted octanol–water partition coefficient (Wildman–Crippen LogP) is 3.15. The Kier molecular flexibility index (Phi) is 4.56. The maximum absolute atomic E-state index is 11.1. The molecule has 1 aromatic carbocycles. The van der Waals surface area contributed by atoms with Gasteiger partial charge in [0.15, 0.2) is 5.69 Å². The minimum atomic E-state index is -1.02. The van der Waals surface area contributed by atoms with Crippen molar-refractivity contribution in [3.63, 3.8) is 0 Å². The number of nitrogens with zero attached hydrogens (tertiary/aromatic N) is 1. The fraction of sp³-hybridized carbons (Fsp3) is 0.250. The van der Waals surface area contributed by atoms with E-state index in [-0.39, 0.29) is 5.69 Å². The summed E-state index contributed by atoms with van der Waals surface area (Å²) in [7, 11) is 0. The number of nitrogens with one attached hydrogen (secondary N) is 1. The molecule has 0 atom stereocenters. The Morgan fingerprint density at radius 3 is 2.90 bits per heavy atom. The van der Waals surface area contributed by atoms with E-state index in [1.165, 1.54) is 0 Å². The molecule has 2 aromatic rings. The number of rotatable bonds is 6. The van der Waals surface area contributed by atoms with Crippen molar-refractivity contribution in [1.82, 2.24) is 4.98 Å². The molecule has 1 heterocycles. The maximum atomic E-state index is 11.1. The topological polar surface area (TPSA) is 62.2 Å². The van der Waals surface area contributed by atoms with Gasteiger partial charge in [0.05, 0.1) is 0 Å². The zero-order chi connectivity index (χ0) is 14.4. The molecule has 4 nitrogen and oxygen atoms in total. The summed E-state index contributed by atoms with van der Waals surface area (Å²) in [5.74, 6) is 2.19. The number of hydrogen-bond acceptors (Lipinski definition) is 3. The van der Waals surface area contributed by atoms with Gasteiger partial charge in [0.1, 0.15) is 5.82 Å². The summed E-state index contributed by atoms with van der Waals surface area (Å²) < 4.78 is 0. The number of carboxylic acid groups (broad SMARTS) is 1. The molecule has 0 unspecified atom stereocenters. The number of aromatic nitrogens is 1. The molecule has 0 saturated heterocycles. The highest BCUT2D eigenvalue weighted by Gasteiger charge is 2.10. The molecule has 2 N–H and O–H groups in total. The van der Waals surface area contributed by atoms with Crippen molar-refractivity contribution in [2.24, 2.45) is 0 Å². The van der Waals surface area contributed by atoms with Crippen LogP contribution in [0.4, 0.5) is 5.82 Å². The summed E-state index contributed by atoms with van der Waals surface area (Å²) in [5.41, 5.74) is 0.0508. The fourth-order valence-electron chi connectivity index (χ4n) is 2.00. The average Bonchev–Trinajstić information content (AvgIpc) is 2.46. The lowest BCUT2D eigenvalue weighted by molar-refractivity contribution is 0.0691. The first-order valence-electron chi connectivity index (χ1n) is 6.53. The fourth-order valence-corrected chi connectivity index (χ4v) is 2.00. The van der Waals surface area contributed by atoms with Crippen molar-refractivity contribution in [3.8, 4) is 12.3 Å². The summed E-state index contributed by atoms with van der Waals surface area (Å²) in [6.07, 6.45) is 7.83. The number of carboxylic acids is 1. The molecule has 2 rings (SSSR count). The zero-order valence-corrected chi connectivity index (χ0v) is 11.1. The summed E-state index contributed by atoms with van der Waals surface area (Å²) in [6.45, 7) is 0.724. The van der Waals surface area contributed by atoms with E-state index < -0.39 is 5.97 Å². The Hall–Kier alpha value is -2.54. The second kappa shape index (κ2) is 6.58. The highest BCUT2D eigenvalue weighted by molar-refractivity contribution is 5.97. The van der Waals surface area contributed by atoms with E-state index in [1.807, 2.05) is 24.3 Å². The minimum Gasteiger partial charge on any atom is -0.477 e. The number of benzene rings is 1. The third-order valence-electron chi connectivity index (χ3n) is 3.00. The van der Waals surface area contributed by atoms with Gasteiger partial charge in [-0.3, -0.25) is 0 Å². The maximum Gasteiger partial charge on any atom is 0.354 e. The Morgan fingerprint density at radius 1 is 1.35 bits per heavy atom. The van der Waals surface area contributed by atoms with Crippen LogP contribution in [0, 0.1) is 12.3 Å². The highest BCUT2D eigenvalue weighted by Crippen LogP contribution is 2.22. The largest absolute Gasteiger partial charge is 0.477 e. The molecule has 0 aliphatic carbocycles. The molecule has 0 aliphatic rings. The third-order valence-corrected chi connectivity index (χ3v) is 3.00. The molecule has 0 radical (unpaired) electrons. The van der Waals surface area contributed by atoms with Crippen molar-refractivity contribution < 1.29 is 9.90 Å². The molecular weight excluding hydrogens is 252 g/mol. The van der Waals surface area contributed by atoms with Gasteiger partial charge in [-0.05, 0) is 24.3 Å². The first kappa shape index (κ1) is 13.9. The molecule has 102 valence electrons. The van der Waals surface area contributed by atoms with Crippen LogP contribution in [0.5, 0.6) is 0 Å². The van der Waals surface area contributed by atoms with E-state index in [0.29, 0.717) is 5.82 Å². The minimum absolute atomic E-state index is 0.0508. The van der Waals surface area contributed by atoms with E-state index in [1.54, 1.807) is 6.07 Å². The van der Waals surface area contributed by atoms with Gasteiger partial charge in [-0.1, -0.05) is 24.3 Å². The second-order valence-electron chi connectivity index (χ2n) is 4.47. The smallest absolute Gasteiger partial charge is 0.354 e. The van der Waals surface area contributed by atoms with Crippen LogP contribution in [0.3, 0.4) is 0 Å². The van der Waals surface area contributed by atoms with Gasteiger partial charge in [-0.2, -0.15) is 0 Å². The van der Waals surface area contributed by atoms with E-state index in [9.17, 15) is 4.79 Å². The number of carbonyl (C=O) groups is 1. The quantitative estimate of drug-likeness (QED) is 0.624. The van der Waals surface area contributed by atoms with Crippen molar-refractivity contribution in [3.05, 3.63) is 36.0 Å². The summed E-state index contributed by atoms with van der Waals surface area (Å²) in [6, 6.07) is 9.19. The molecule has 20 heavy (non-hydrogen) atoms. The van der Waals surface area contributed by atoms with Gasteiger partial charge in [0, 0.05) is 18.4 Å². The normalized spacial score (nSPS) is 10.2. The lowest BCUT2D eigenvalue weighted by Gasteiger charge is -2.09. The van der Waals surface area contributed by atoms with E-state index >= 15 is 0 Å². The summed E-state index contributed by atoms with van der Waals surface area (Å²) >= 11 is 0. The molecule has 0 saturated carbocycles. The van der Waals surface area contributed by atoms with Crippen LogP contribution in [0.25, 0.3) is 10.8 Å². The first-order chi connectivity index (χ1) is 9.72. The van der Waals surface area contributed by atoms with Crippen LogP contribution in [0.1, 0.15) is 29.8 Å². The van der Waals surface area contributed by atoms with E-state index in [0.717, 1.165) is 36.6 Å². The molecule has 0 spiro atoms. The van der Waals surface area contributed by atoms with Crippen LogP contribution in [-0.2, 0) is 0 Å². The Bertz CT molecular complexity index is 659. The number of hydrogen-bond donors (Lipinski definition) is 2. The molecule has 0 amide bonds. The summed E-state index contributed by atoms with van der Waals surface area (Å²) in [4.78, 5) is 15.3.